The highest BCUT2D eigenvalue weighted by atomic mass is 35.5. The van der Waals surface area contributed by atoms with Crippen LogP contribution in [0, 0.1) is 17.2 Å². The largest absolute Gasteiger partial charge is 0.381 e. The average molecular weight is 280 g/mol. The van der Waals surface area contributed by atoms with Crippen LogP contribution in [0.5, 0.6) is 0 Å². The first kappa shape index (κ1) is 14.3. The number of nitrogens with zero attached hydrogens (tertiary/aromatic N) is 2. The smallest absolute Gasteiger partial charge is 0.146 e. The third-order valence-electron chi connectivity index (χ3n) is 3.55. The van der Waals surface area contributed by atoms with Crippen molar-refractivity contribution in [2.45, 2.75) is 32.4 Å². The van der Waals surface area contributed by atoms with Crippen LogP contribution in [0.3, 0.4) is 0 Å². The molecule has 2 atom stereocenters. The lowest BCUT2D eigenvalue weighted by molar-refractivity contribution is 0.0417. The Bertz CT molecular complexity index is 466. The van der Waals surface area contributed by atoms with Gasteiger partial charge in [-0.25, -0.2) is 4.98 Å². The Morgan fingerprint density at radius 3 is 3.21 bits per heavy atom. The molecule has 1 fully saturated rings. The Morgan fingerprint density at radius 2 is 2.53 bits per heavy atom. The van der Waals surface area contributed by atoms with Gasteiger partial charge in [-0.05, 0) is 37.3 Å². The summed E-state index contributed by atoms with van der Waals surface area (Å²) in [7, 11) is 0. The van der Waals surface area contributed by atoms with E-state index in [4.69, 9.17) is 21.6 Å². The second-order valence-electron chi connectivity index (χ2n) is 4.94. The first-order valence-electron chi connectivity index (χ1n) is 6.56. The molecule has 1 N–H and O–H groups in total. The van der Waals surface area contributed by atoms with Crippen molar-refractivity contribution in [1.82, 2.24) is 10.3 Å². The fourth-order valence-electron chi connectivity index (χ4n) is 2.27. The minimum atomic E-state index is 0.264. The van der Waals surface area contributed by atoms with Crippen LogP contribution in [0.15, 0.2) is 12.3 Å². The number of halogens is 1. The van der Waals surface area contributed by atoms with Crippen LogP contribution in [-0.2, 0) is 11.3 Å². The van der Waals surface area contributed by atoms with Gasteiger partial charge >= 0.3 is 0 Å². The van der Waals surface area contributed by atoms with Gasteiger partial charge in [0, 0.05) is 25.4 Å². The van der Waals surface area contributed by atoms with Gasteiger partial charge in [0.25, 0.3) is 0 Å². The summed E-state index contributed by atoms with van der Waals surface area (Å²) < 4.78 is 5.49. The van der Waals surface area contributed by atoms with Crippen molar-refractivity contribution < 1.29 is 4.74 Å². The first-order valence-corrected chi connectivity index (χ1v) is 6.94. The van der Waals surface area contributed by atoms with Crippen molar-refractivity contribution in [2.24, 2.45) is 5.92 Å². The van der Waals surface area contributed by atoms with Gasteiger partial charge < -0.3 is 10.1 Å². The number of ether oxygens (including phenoxy) is 1. The summed E-state index contributed by atoms with van der Waals surface area (Å²) in [6.07, 6.45) is 4.05. The van der Waals surface area contributed by atoms with Crippen molar-refractivity contribution in [3.8, 4) is 6.07 Å². The third kappa shape index (κ3) is 3.90. The van der Waals surface area contributed by atoms with Crippen LogP contribution >= 0.6 is 11.6 Å². The van der Waals surface area contributed by atoms with Gasteiger partial charge in [-0.3, -0.25) is 0 Å². The maximum absolute atomic E-state index is 8.91. The van der Waals surface area contributed by atoms with Crippen LogP contribution in [0.2, 0.25) is 5.15 Å². The SMILES string of the molecule is C[C@H](NCc1cnc(Cl)c(C#N)c1)[C@@H]1CCCOC1. The van der Waals surface area contributed by atoms with E-state index in [0.29, 0.717) is 24.1 Å². The zero-order chi connectivity index (χ0) is 13.7. The van der Waals surface area contributed by atoms with Crippen LogP contribution in [-0.4, -0.2) is 24.2 Å². The Balaban J connectivity index is 1.89. The molecule has 19 heavy (non-hydrogen) atoms. The Kier molecular flexibility index (Phi) is 5.15. The molecule has 0 radical (unpaired) electrons. The summed E-state index contributed by atoms with van der Waals surface area (Å²) in [5, 5.41) is 12.6. The van der Waals surface area contributed by atoms with Crippen LogP contribution in [0.4, 0.5) is 0 Å². The van der Waals surface area contributed by atoms with E-state index in [-0.39, 0.29) is 5.15 Å². The normalized spacial score (nSPS) is 20.8. The molecule has 102 valence electrons. The van der Waals surface area contributed by atoms with Crippen molar-refractivity contribution in [3.05, 3.63) is 28.5 Å². The van der Waals surface area contributed by atoms with Gasteiger partial charge in [0.05, 0.1) is 12.2 Å². The highest BCUT2D eigenvalue weighted by Gasteiger charge is 2.20. The van der Waals surface area contributed by atoms with Crippen molar-refractivity contribution >= 4 is 11.6 Å². The molecule has 1 aliphatic heterocycles. The van der Waals surface area contributed by atoms with Crippen LogP contribution < -0.4 is 5.32 Å². The Morgan fingerprint density at radius 1 is 1.68 bits per heavy atom. The van der Waals surface area contributed by atoms with Crippen molar-refractivity contribution in [1.29, 1.82) is 5.26 Å². The van der Waals surface area contributed by atoms with Crippen molar-refractivity contribution in [3.63, 3.8) is 0 Å². The van der Waals surface area contributed by atoms with Gasteiger partial charge in [-0.15, -0.1) is 0 Å². The molecule has 0 saturated carbocycles. The van der Waals surface area contributed by atoms with E-state index >= 15 is 0 Å². The highest BCUT2D eigenvalue weighted by molar-refractivity contribution is 6.30. The van der Waals surface area contributed by atoms with Crippen LogP contribution in [0.25, 0.3) is 0 Å². The summed E-state index contributed by atoms with van der Waals surface area (Å²) in [6, 6.07) is 4.22. The second-order valence-corrected chi connectivity index (χ2v) is 5.30. The molecule has 0 aromatic carbocycles. The molecular weight excluding hydrogens is 262 g/mol. The molecular formula is C14H18ClN3O. The third-order valence-corrected chi connectivity index (χ3v) is 3.85. The highest BCUT2D eigenvalue weighted by Crippen LogP contribution is 2.18. The maximum atomic E-state index is 8.91. The van der Waals surface area contributed by atoms with Gasteiger partial charge in [0.15, 0.2) is 0 Å². The molecule has 0 unspecified atom stereocenters. The van der Waals surface area contributed by atoms with E-state index in [1.54, 1.807) is 12.3 Å². The molecule has 0 bridgehead atoms. The lowest BCUT2D eigenvalue weighted by Crippen LogP contribution is -2.37. The summed E-state index contributed by atoms with van der Waals surface area (Å²) in [6.45, 7) is 4.58. The van der Waals surface area contributed by atoms with E-state index in [1.807, 2.05) is 6.07 Å². The number of nitrogens with one attached hydrogen (secondary N) is 1. The van der Waals surface area contributed by atoms with Gasteiger partial charge in [0.1, 0.15) is 11.2 Å². The lowest BCUT2D eigenvalue weighted by atomic mass is 9.95. The van der Waals surface area contributed by atoms with Gasteiger partial charge in [-0.2, -0.15) is 5.26 Å². The molecule has 4 nitrogen and oxygen atoms in total. The molecule has 5 heteroatoms. The van der Waals surface area contributed by atoms with Gasteiger partial charge in [0.2, 0.25) is 0 Å². The molecule has 0 amide bonds. The summed E-state index contributed by atoms with van der Waals surface area (Å²) in [5.74, 6) is 0.560. The number of rotatable bonds is 4. The second kappa shape index (κ2) is 6.85. The van der Waals surface area contributed by atoms with Crippen molar-refractivity contribution in [2.75, 3.05) is 13.2 Å². The molecule has 2 rings (SSSR count). The fraction of sp³-hybridized carbons (Fsp3) is 0.571. The fourth-order valence-corrected chi connectivity index (χ4v) is 2.42. The van der Waals surface area contributed by atoms with E-state index in [2.05, 4.69) is 17.2 Å². The molecule has 1 saturated heterocycles. The van der Waals surface area contributed by atoms with Crippen LogP contribution in [0.1, 0.15) is 30.9 Å². The predicted molar refractivity (Wildman–Crippen MR) is 73.8 cm³/mol. The molecule has 0 spiro atoms. The van der Waals surface area contributed by atoms with Gasteiger partial charge in [-0.1, -0.05) is 11.6 Å². The number of hydrogen-bond acceptors (Lipinski definition) is 4. The molecule has 1 aromatic rings. The average Bonchev–Trinajstić information content (AvgIpc) is 2.47. The Labute approximate surface area is 118 Å². The quantitative estimate of drug-likeness (QED) is 0.861. The predicted octanol–water partition coefficient (Wildman–Crippen LogP) is 2.51. The molecule has 2 heterocycles. The zero-order valence-corrected chi connectivity index (χ0v) is 11.8. The minimum absolute atomic E-state index is 0.264. The summed E-state index contributed by atoms with van der Waals surface area (Å²) in [5.41, 5.74) is 1.40. The zero-order valence-electron chi connectivity index (χ0n) is 11.0. The lowest BCUT2D eigenvalue weighted by Gasteiger charge is -2.28. The Hall–Kier alpha value is -1.15. The number of pyridine rings is 1. The standard InChI is InChI=1S/C14H18ClN3O/c1-10(12-3-2-4-19-9-12)17-7-11-5-13(6-16)14(15)18-8-11/h5,8,10,12,17H,2-4,7,9H2,1H3/t10-,12+/m0/s1. The van der Waals surface area contributed by atoms with E-state index in [1.165, 1.54) is 6.42 Å². The summed E-state index contributed by atoms with van der Waals surface area (Å²) in [4.78, 5) is 4.02. The van der Waals surface area contributed by atoms with E-state index < -0.39 is 0 Å². The number of aromatic nitrogens is 1. The molecule has 1 aromatic heterocycles. The summed E-state index contributed by atoms with van der Waals surface area (Å²) >= 11 is 5.81. The van der Waals surface area contributed by atoms with E-state index in [0.717, 1.165) is 25.2 Å². The molecule has 1 aliphatic rings. The van der Waals surface area contributed by atoms with E-state index in [9.17, 15) is 0 Å². The minimum Gasteiger partial charge on any atom is -0.381 e. The molecule has 0 aliphatic carbocycles. The maximum Gasteiger partial charge on any atom is 0.146 e. The monoisotopic (exact) mass is 279 g/mol. The first-order chi connectivity index (χ1) is 9.20. The number of hydrogen-bond donors (Lipinski definition) is 1. The number of nitriles is 1. The topological polar surface area (TPSA) is 57.9 Å².